The molecule has 1 aromatic carbocycles. The summed E-state index contributed by atoms with van der Waals surface area (Å²) in [4.78, 5) is 14.3. The molecule has 2 unspecified atom stereocenters. The van der Waals surface area contributed by atoms with Gasteiger partial charge in [0, 0.05) is 25.7 Å². The number of amides is 1. The molecule has 0 bridgehead atoms. The van der Waals surface area contributed by atoms with Gasteiger partial charge in [-0.3, -0.25) is 9.69 Å². The van der Waals surface area contributed by atoms with Crippen LogP contribution in [0.2, 0.25) is 0 Å². The first-order valence-corrected chi connectivity index (χ1v) is 8.42. The molecule has 1 amide bonds. The van der Waals surface area contributed by atoms with Gasteiger partial charge >= 0.3 is 0 Å². The number of carbonyl (C=O) groups is 1. The molecule has 25 heavy (non-hydrogen) atoms. The van der Waals surface area contributed by atoms with E-state index in [4.69, 9.17) is 5.73 Å². The predicted octanol–water partition coefficient (Wildman–Crippen LogP) is 2.35. The number of nitrogens with zero attached hydrogens (tertiary/aromatic N) is 3. The van der Waals surface area contributed by atoms with Crippen LogP contribution in [0.15, 0.2) is 36.4 Å². The molecule has 136 valence electrons. The van der Waals surface area contributed by atoms with Crippen LogP contribution in [-0.2, 0) is 11.3 Å². The lowest BCUT2D eigenvalue weighted by molar-refractivity contribution is -0.117. The molecule has 0 radical (unpaired) electrons. The van der Waals surface area contributed by atoms with E-state index in [2.05, 4.69) is 39.6 Å². The second-order valence-electron chi connectivity index (χ2n) is 6.56. The van der Waals surface area contributed by atoms with Crippen molar-refractivity contribution in [3.05, 3.63) is 47.7 Å². The molecular weight excluding hydrogens is 338 g/mol. The molecule has 1 aliphatic rings. The van der Waals surface area contributed by atoms with Crippen molar-refractivity contribution in [2.75, 3.05) is 18.4 Å². The Balaban J connectivity index is 0.00000225. The molecule has 0 spiro atoms. The third-order valence-corrected chi connectivity index (χ3v) is 4.37. The van der Waals surface area contributed by atoms with Crippen molar-refractivity contribution in [3.8, 4) is 0 Å². The highest BCUT2D eigenvalue weighted by atomic mass is 35.5. The molecule has 1 saturated heterocycles. The van der Waals surface area contributed by atoms with Crippen molar-refractivity contribution in [1.29, 1.82) is 0 Å². The highest BCUT2D eigenvalue weighted by Gasteiger charge is 2.27. The minimum Gasteiger partial charge on any atom is -0.320 e. The van der Waals surface area contributed by atoms with E-state index in [1.807, 2.05) is 23.7 Å². The van der Waals surface area contributed by atoms with Crippen molar-refractivity contribution in [2.45, 2.75) is 38.9 Å². The van der Waals surface area contributed by atoms with Crippen molar-refractivity contribution >= 4 is 24.1 Å². The summed E-state index contributed by atoms with van der Waals surface area (Å²) in [6.45, 7) is 6.52. The summed E-state index contributed by atoms with van der Waals surface area (Å²) in [5.74, 6) is 0.552. The Hall–Kier alpha value is -1.89. The fourth-order valence-electron chi connectivity index (χ4n) is 3.13. The molecule has 1 fully saturated rings. The molecule has 7 heteroatoms. The Morgan fingerprint density at radius 2 is 2.12 bits per heavy atom. The lowest BCUT2D eigenvalue weighted by Crippen LogP contribution is -2.33. The van der Waals surface area contributed by atoms with Crippen LogP contribution in [0.5, 0.6) is 0 Å². The van der Waals surface area contributed by atoms with Crippen molar-refractivity contribution < 1.29 is 4.79 Å². The van der Waals surface area contributed by atoms with Gasteiger partial charge in [0.1, 0.15) is 5.82 Å². The standard InChI is InChI=1S/C18H25N5O.ClH/c1-13-10-17(20-18(24)14(2)19)23(21-13)16-8-9-22(12-16)11-15-6-4-3-5-7-15;/h3-7,10,14,16H,8-9,11-12,19H2,1-2H3,(H,20,24);1H. The number of nitrogens with one attached hydrogen (secondary N) is 1. The molecule has 1 aromatic heterocycles. The molecule has 2 heterocycles. The molecule has 1 aliphatic heterocycles. The number of benzene rings is 1. The Kier molecular flexibility index (Phi) is 6.58. The van der Waals surface area contributed by atoms with Crippen LogP contribution in [0.1, 0.15) is 30.6 Å². The van der Waals surface area contributed by atoms with Crippen LogP contribution >= 0.6 is 12.4 Å². The van der Waals surface area contributed by atoms with Crippen LogP contribution in [-0.4, -0.2) is 39.7 Å². The van der Waals surface area contributed by atoms with Crippen molar-refractivity contribution in [1.82, 2.24) is 14.7 Å². The quantitative estimate of drug-likeness (QED) is 0.854. The largest absolute Gasteiger partial charge is 0.320 e. The van der Waals surface area contributed by atoms with Crippen LogP contribution in [0.25, 0.3) is 0 Å². The van der Waals surface area contributed by atoms with Gasteiger partial charge in [-0.05, 0) is 25.8 Å². The van der Waals surface area contributed by atoms with E-state index < -0.39 is 6.04 Å². The van der Waals surface area contributed by atoms with Gasteiger partial charge < -0.3 is 11.1 Å². The first-order valence-electron chi connectivity index (χ1n) is 8.42. The number of aryl methyl sites for hydroxylation is 1. The summed E-state index contributed by atoms with van der Waals surface area (Å²) < 4.78 is 1.95. The van der Waals surface area contributed by atoms with Gasteiger partial charge in [-0.25, -0.2) is 4.68 Å². The smallest absolute Gasteiger partial charge is 0.242 e. The van der Waals surface area contributed by atoms with Gasteiger partial charge in [0.15, 0.2) is 0 Å². The number of carbonyl (C=O) groups excluding carboxylic acids is 1. The minimum absolute atomic E-state index is 0. The second kappa shape index (κ2) is 8.47. The number of rotatable bonds is 5. The van der Waals surface area contributed by atoms with E-state index in [1.165, 1.54) is 5.56 Å². The highest BCUT2D eigenvalue weighted by Crippen LogP contribution is 2.26. The van der Waals surface area contributed by atoms with Crippen LogP contribution in [0.3, 0.4) is 0 Å². The first kappa shape index (κ1) is 19.4. The fraction of sp³-hybridized carbons (Fsp3) is 0.444. The zero-order chi connectivity index (χ0) is 17.1. The van der Waals surface area contributed by atoms with Gasteiger partial charge in [-0.2, -0.15) is 5.10 Å². The summed E-state index contributed by atoms with van der Waals surface area (Å²) in [6, 6.07) is 12.1. The number of aromatic nitrogens is 2. The number of hydrogen-bond donors (Lipinski definition) is 2. The maximum Gasteiger partial charge on any atom is 0.242 e. The van der Waals surface area contributed by atoms with Crippen molar-refractivity contribution in [3.63, 3.8) is 0 Å². The van der Waals surface area contributed by atoms with Gasteiger partial charge in [-0.1, -0.05) is 30.3 Å². The van der Waals surface area contributed by atoms with Gasteiger partial charge in [0.25, 0.3) is 0 Å². The Labute approximate surface area is 154 Å². The van der Waals surface area contributed by atoms with Crippen LogP contribution in [0, 0.1) is 6.92 Å². The summed E-state index contributed by atoms with van der Waals surface area (Å²) in [5.41, 5.74) is 7.87. The fourth-order valence-corrected chi connectivity index (χ4v) is 3.13. The third-order valence-electron chi connectivity index (χ3n) is 4.37. The predicted molar refractivity (Wildman–Crippen MR) is 102 cm³/mol. The van der Waals surface area contributed by atoms with Gasteiger partial charge in [-0.15, -0.1) is 12.4 Å². The topological polar surface area (TPSA) is 76.2 Å². The van der Waals surface area contributed by atoms with Crippen LogP contribution < -0.4 is 11.1 Å². The number of nitrogens with two attached hydrogens (primary N) is 1. The lowest BCUT2D eigenvalue weighted by atomic mass is 10.2. The summed E-state index contributed by atoms with van der Waals surface area (Å²) in [6.07, 6.45) is 1.02. The molecule has 3 rings (SSSR count). The molecule has 0 aliphatic carbocycles. The highest BCUT2D eigenvalue weighted by molar-refractivity contribution is 5.93. The van der Waals surface area contributed by atoms with Gasteiger partial charge in [0.05, 0.1) is 17.8 Å². The average molecular weight is 364 g/mol. The lowest BCUT2D eigenvalue weighted by Gasteiger charge is -2.18. The summed E-state index contributed by atoms with van der Waals surface area (Å²) in [5, 5.41) is 7.47. The maximum atomic E-state index is 11.9. The SMILES string of the molecule is Cc1cc(NC(=O)C(C)N)n(C2CCN(Cc3ccccc3)C2)n1.Cl. The second-order valence-corrected chi connectivity index (χ2v) is 6.56. The van der Waals surface area contributed by atoms with E-state index in [0.717, 1.165) is 37.6 Å². The third kappa shape index (κ3) is 4.81. The average Bonchev–Trinajstić information content (AvgIpc) is 3.14. The van der Waals surface area contributed by atoms with Crippen LogP contribution in [0.4, 0.5) is 5.82 Å². The van der Waals surface area contributed by atoms with E-state index in [1.54, 1.807) is 6.92 Å². The molecule has 3 N–H and O–H groups in total. The minimum atomic E-state index is -0.535. The molecule has 2 aromatic rings. The van der Waals surface area contributed by atoms with Crippen molar-refractivity contribution in [2.24, 2.45) is 5.73 Å². The molecule has 6 nitrogen and oxygen atoms in total. The van der Waals surface area contributed by atoms with E-state index in [-0.39, 0.29) is 24.4 Å². The number of hydrogen-bond acceptors (Lipinski definition) is 4. The normalized spacial score (nSPS) is 18.6. The monoisotopic (exact) mass is 363 g/mol. The zero-order valence-corrected chi connectivity index (χ0v) is 15.5. The van der Waals surface area contributed by atoms with E-state index in [0.29, 0.717) is 0 Å². The molecule has 0 saturated carbocycles. The first-order chi connectivity index (χ1) is 11.5. The molecule has 2 atom stereocenters. The van der Waals surface area contributed by atoms with Gasteiger partial charge in [0.2, 0.25) is 5.91 Å². The number of anilines is 1. The molecular formula is C18H26ClN5O. The van der Waals surface area contributed by atoms with E-state index in [9.17, 15) is 4.79 Å². The maximum absolute atomic E-state index is 11.9. The summed E-state index contributed by atoms with van der Waals surface area (Å²) in [7, 11) is 0. The Bertz CT molecular complexity index is 701. The number of halogens is 1. The zero-order valence-electron chi connectivity index (χ0n) is 14.7. The Morgan fingerprint density at radius 1 is 1.40 bits per heavy atom. The summed E-state index contributed by atoms with van der Waals surface area (Å²) >= 11 is 0. The van der Waals surface area contributed by atoms with E-state index >= 15 is 0 Å². The Morgan fingerprint density at radius 3 is 2.80 bits per heavy atom. The number of likely N-dealkylation sites (tertiary alicyclic amines) is 1.